The lowest BCUT2D eigenvalue weighted by Gasteiger charge is -2.33. The summed E-state index contributed by atoms with van der Waals surface area (Å²) in [5, 5.41) is 2.60. The molecule has 0 saturated carbocycles. The summed E-state index contributed by atoms with van der Waals surface area (Å²) in [7, 11) is 1.96. The van der Waals surface area contributed by atoms with Crippen molar-refractivity contribution in [1.29, 1.82) is 0 Å². The predicted octanol–water partition coefficient (Wildman–Crippen LogP) is 0.765. The Balaban J connectivity index is 1.67. The zero-order valence-electron chi connectivity index (χ0n) is 15.2. The number of imide groups is 1. The number of nitrogens with one attached hydrogen (secondary N) is 1. The first kappa shape index (κ1) is 17.4. The van der Waals surface area contributed by atoms with Gasteiger partial charge in [-0.1, -0.05) is 0 Å². The zero-order chi connectivity index (χ0) is 18.4. The summed E-state index contributed by atoms with van der Waals surface area (Å²) < 4.78 is 2.01. The third-order valence-corrected chi connectivity index (χ3v) is 4.91. The largest absolute Gasteiger partial charge is 0.340 e. The van der Waals surface area contributed by atoms with E-state index in [0.717, 1.165) is 29.3 Å². The van der Waals surface area contributed by atoms with Gasteiger partial charge < -0.3 is 14.8 Å². The fraction of sp³-hybridized carbons (Fsp3) is 0.647. The molecule has 136 valence electrons. The molecule has 0 spiro atoms. The van der Waals surface area contributed by atoms with Gasteiger partial charge in [0.1, 0.15) is 17.9 Å². The van der Waals surface area contributed by atoms with Crippen molar-refractivity contribution in [2.24, 2.45) is 7.05 Å². The number of piperidine rings is 1. The highest BCUT2D eigenvalue weighted by atomic mass is 16.2. The number of carbonyl (C=O) groups excluding carboxylic acids is 3. The van der Waals surface area contributed by atoms with Crippen molar-refractivity contribution in [2.75, 3.05) is 19.6 Å². The lowest BCUT2D eigenvalue weighted by molar-refractivity contribution is -0.139. The monoisotopic (exact) mass is 347 g/mol. The molecular formula is C17H25N5O3. The first-order valence-electron chi connectivity index (χ1n) is 8.61. The van der Waals surface area contributed by atoms with E-state index in [-0.39, 0.29) is 24.3 Å². The third-order valence-electron chi connectivity index (χ3n) is 4.91. The number of rotatable bonds is 3. The normalized spacial score (nSPS) is 23.1. The van der Waals surface area contributed by atoms with Crippen molar-refractivity contribution >= 4 is 17.8 Å². The van der Waals surface area contributed by atoms with Crippen LogP contribution in [0.1, 0.15) is 44.1 Å². The lowest BCUT2D eigenvalue weighted by Crippen LogP contribution is -2.47. The van der Waals surface area contributed by atoms with Crippen molar-refractivity contribution < 1.29 is 14.4 Å². The van der Waals surface area contributed by atoms with Crippen LogP contribution in [0.15, 0.2) is 6.20 Å². The van der Waals surface area contributed by atoms with Crippen LogP contribution in [0.5, 0.6) is 0 Å². The maximum atomic E-state index is 12.6. The Hall–Kier alpha value is -2.38. The molecule has 8 heteroatoms. The molecule has 0 aliphatic carbocycles. The molecule has 1 N–H and O–H groups in total. The fourth-order valence-electron chi connectivity index (χ4n) is 3.63. The number of carbonyl (C=O) groups is 3. The molecular weight excluding hydrogens is 322 g/mol. The van der Waals surface area contributed by atoms with E-state index in [1.165, 1.54) is 0 Å². The summed E-state index contributed by atoms with van der Waals surface area (Å²) >= 11 is 0. The molecule has 1 aromatic heterocycles. The summed E-state index contributed by atoms with van der Waals surface area (Å²) in [6, 6.07) is -0.503. The number of urea groups is 1. The quantitative estimate of drug-likeness (QED) is 0.818. The van der Waals surface area contributed by atoms with Crippen LogP contribution in [0.3, 0.4) is 0 Å². The average molecular weight is 347 g/mol. The molecule has 2 saturated heterocycles. The molecule has 0 radical (unpaired) electrons. The minimum atomic E-state index is -0.952. The highest BCUT2D eigenvalue weighted by molar-refractivity contribution is 6.08. The van der Waals surface area contributed by atoms with Crippen molar-refractivity contribution in [3.05, 3.63) is 17.7 Å². The zero-order valence-corrected chi connectivity index (χ0v) is 15.2. The Bertz CT molecular complexity index is 724. The third kappa shape index (κ3) is 3.25. The Kier molecular flexibility index (Phi) is 4.30. The fourth-order valence-corrected chi connectivity index (χ4v) is 3.63. The number of hydrogen-bond acceptors (Lipinski definition) is 4. The Labute approximate surface area is 147 Å². The molecule has 25 heavy (non-hydrogen) atoms. The molecule has 0 unspecified atom stereocenters. The van der Waals surface area contributed by atoms with E-state index in [9.17, 15) is 14.4 Å². The summed E-state index contributed by atoms with van der Waals surface area (Å²) in [4.78, 5) is 44.2. The van der Waals surface area contributed by atoms with Gasteiger partial charge in [0, 0.05) is 32.3 Å². The summed E-state index contributed by atoms with van der Waals surface area (Å²) in [5.41, 5.74) is 0.00856. The maximum absolute atomic E-state index is 12.6. The van der Waals surface area contributed by atoms with Gasteiger partial charge in [0.05, 0.1) is 5.69 Å². The van der Waals surface area contributed by atoms with E-state index in [2.05, 4.69) is 10.3 Å². The van der Waals surface area contributed by atoms with Gasteiger partial charge >= 0.3 is 6.03 Å². The number of aryl methyl sites for hydroxylation is 2. The number of aromatic nitrogens is 2. The van der Waals surface area contributed by atoms with Gasteiger partial charge in [0.15, 0.2) is 0 Å². The SMILES string of the molecule is Cc1cn(C)c([C@H]2CCCN(C(=O)CN3C(=O)NC(C)(C)C3=O)C2)n1. The Morgan fingerprint density at radius 3 is 2.68 bits per heavy atom. The van der Waals surface area contributed by atoms with Crippen molar-refractivity contribution in [1.82, 2.24) is 24.7 Å². The highest BCUT2D eigenvalue weighted by Crippen LogP contribution is 2.26. The van der Waals surface area contributed by atoms with E-state index in [1.807, 2.05) is 24.7 Å². The van der Waals surface area contributed by atoms with Crippen molar-refractivity contribution in [3.8, 4) is 0 Å². The van der Waals surface area contributed by atoms with Gasteiger partial charge in [-0.15, -0.1) is 0 Å². The molecule has 3 heterocycles. The van der Waals surface area contributed by atoms with E-state index in [4.69, 9.17) is 0 Å². The average Bonchev–Trinajstić information content (AvgIpc) is 2.98. The van der Waals surface area contributed by atoms with Gasteiger partial charge in [-0.3, -0.25) is 14.5 Å². The van der Waals surface area contributed by atoms with Gasteiger partial charge in [-0.05, 0) is 33.6 Å². The second-order valence-corrected chi connectivity index (χ2v) is 7.48. The Morgan fingerprint density at radius 1 is 1.40 bits per heavy atom. The second-order valence-electron chi connectivity index (χ2n) is 7.48. The molecule has 8 nitrogen and oxygen atoms in total. The lowest BCUT2D eigenvalue weighted by atomic mass is 9.97. The minimum Gasteiger partial charge on any atom is -0.340 e. The van der Waals surface area contributed by atoms with Crippen LogP contribution in [0.2, 0.25) is 0 Å². The Morgan fingerprint density at radius 2 is 2.12 bits per heavy atom. The van der Waals surface area contributed by atoms with Crippen LogP contribution in [-0.4, -0.2) is 62.4 Å². The predicted molar refractivity (Wildman–Crippen MR) is 90.8 cm³/mol. The summed E-state index contributed by atoms with van der Waals surface area (Å²) in [5.74, 6) is 0.595. The second kappa shape index (κ2) is 6.16. The van der Waals surface area contributed by atoms with Crippen LogP contribution in [0, 0.1) is 6.92 Å². The minimum absolute atomic E-state index is 0.177. The van der Waals surface area contributed by atoms with E-state index >= 15 is 0 Å². The van der Waals surface area contributed by atoms with E-state index in [0.29, 0.717) is 13.1 Å². The van der Waals surface area contributed by atoms with E-state index < -0.39 is 11.6 Å². The number of imidazole rings is 1. The molecule has 2 aliphatic heterocycles. The topological polar surface area (TPSA) is 87.5 Å². The molecule has 3 rings (SSSR count). The standard InChI is InChI=1S/C17H25N5O3/c1-11-8-20(4)14(18-11)12-6-5-7-21(9-12)13(23)10-22-15(24)17(2,3)19-16(22)25/h8,12H,5-7,9-10H2,1-4H3,(H,19,25)/t12-/m0/s1. The van der Waals surface area contributed by atoms with Gasteiger partial charge in [-0.2, -0.15) is 0 Å². The summed E-state index contributed by atoms with van der Waals surface area (Å²) in [6.45, 7) is 6.23. The van der Waals surface area contributed by atoms with Crippen molar-refractivity contribution in [2.45, 2.75) is 45.1 Å². The molecule has 0 aromatic carbocycles. The van der Waals surface area contributed by atoms with Crippen LogP contribution >= 0.6 is 0 Å². The summed E-state index contributed by atoms with van der Waals surface area (Å²) in [6.07, 6.45) is 3.84. The number of likely N-dealkylation sites (tertiary alicyclic amines) is 1. The molecule has 2 aliphatic rings. The maximum Gasteiger partial charge on any atom is 0.325 e. The number of nitrogens with zero attached hydrogens (tertiary/aromatic N) is 4. The smallest absolute Gasteiger partial charge is 0.325 e. The molecule has 0 bridgehead atoms. The molecule has 1 aromatic rings. The van der Waals surface area contributed by atoms with Crippen LogP contribution in [0.4, 0.5) is 4.79 Å². The van der Waals surface area contributed by atoms with E-state index in [1.54, 1.807) is 18.7 Å². The van der Waals surface area contributed by atoms with Crippen molar-refractivity contribution in [3.63, 3.8) is 0 Å². The molecule has 2 fully saturated rings. The molecule has 4 amide bonds. The van der Waals surface area contributed by atoms with Crippen LogP contribution in [-0.2, 0) is 16.6 Å². The van der Waals surface area contributed by atoms with Gasteiger partial charge in [0.2, 0.25) is 5.91 Å². The van der Waals surface area contributed by atoms with Gasteiger partial charge in [-0.25, -0.2) is 9.78 Å². The highest BCUT2D eigenvalue weighted by Gasteiger charge is 2.45. The molecule has 1 atom stereocenters. The first-order valence-corrected chi connectivity index (χ1v) is 8.61. The first-order chi connectivity index (χ1) is 11.7. The van der Waals surface area contributed by atoms with Gasteiger partial charge in [0.25, 0.3) is 5.91 Å². The number of amides is 4. The number of hydrogen-bond donors (Lipinski definition) is 1. The van der Waals surface area contributed by atoms with Crippen LogP contribution in [0.25, 0.3) is 0 Å². The van der Waals surface area contributed by atoms with Crippen LogP contribution < -0.4 is 5.32 Å².